The lowest BCUT2D eigenvalue weighted by Crippen LogP contribution is -2.17. The number of carbonyl (C=O) groups is 1. The first-order chi connectivity index (χ1) is 6.57. The zero-order valence-electron chi connectivity index (χ0n) is 8.86. The second kappa shape index (κ2) is 7.27. The molecule has 0 fully saturated rings. The van der Waals surface area contributed by atoms with E-state index in [9.17, 15) is 9.90 Å². The number of aliphatic hydroxyl groups excluding tert-OH is 1. The van der Waals surface area contributed by atoms with Crippen LogP contribution in [0.5, 0.6) is 0 Å². The fraction of sp³-hybridized carbons (Fsp3) is 0.417. The van der Waals surface area contributed by atoms with Crippen LogP contribution in [0.4, 0.5) is 0 Å². The Labute approximate surface area is 85.6 Å². The van der Waals surface area contributed by atoms with Gasteiger partial charge in [-0.05, 0) is 32.8 Å². The molecule has 0 aliphatic carbocycles. The van der Waals surface area contributed by atoms with Crippen molar-refractivity contribution < 1.29 is 9.90 Å². The first-order valence-corrected chi connectivity index (χ1v) is 4.72. The van der Waals surface area contributed by atoms with Crippen LogP contribution in [0.1, 0.15) is 26.7 Å². The highest BCUT2D eigenvalue weighted by atomic mass is 16.3. The maximum atomic E-state index is 11.2. The van der Waals surface area contributed by atoms with E-state index in [1.165, 1.54) is 6.08 Å². The maximum absolute atomic E-state index is 11.2. The molecule has 0 bridgehead atoms. The summed E-state index contributed by atoms with van der Waals surface area (Å²) in [5.74, 6) is -0.211. The van der Waals surface area contributed by atoms with Crippen molar-refractivity contribution in [1.82, 2.24) is 0 Å². The van der Waals surface area contributed by atoms with E-state index < -0.39 is 6.10 Å². The molecule has 0 rings (SSSR count). The number of carbonyl (C=O) groups excluding carboxylic acids is 1. The fourth-order valence-corrected chi connectivity index (χ4v) is 0.970. The summed E-state index contributed by atoms with van der Waals surface area (Å²) < 4.78 is 0. The molecule has 0 saturated heterocycles. The van der Waals surface area contributed by atoms with Gasteiger partial charge in [0.15, 0.2) is 5.78 Å². The molecule has 1 N–H and O–H groups in total. The summed E-state index contributed by atoms with van der Waals surface area (Å²) in [6, 6.07) is 0. The summed E-state index contributed by atoms with van der Waals surface area (Å²) in [5, 5.41) is 9.41. The van der Waals surface area contributed by atoms with Crippen molar-refractivity contribution >= 4 is 5.78 Å². The minimum Gasteiger partial charge on any atom is -0.385 e. The van der Waals surface area contributed by atoms with Crippen molar-refractivity contribution in [3.63, 3.8) is 0 Å². The SMILES string of the molecule is C=C/C=C/CCC(O)C(=O)C=C(C)C. The molecule has 0 heterocycles. The number of ketones is 1. The lowest BCUT2D eigenvalue weighted by molar-refractivity contribution is -0.122. The summed E-state index contributed by atoms with van der Waals surface area (Å²) in [6.45, 7) is 7.20. The Bertz CT molecular complexity index is 245. The van der Waals surface area contributed by atoms with Gasteiger partial charge in [-0.3, -0.25) is 4.79 Å². The molecule has 0 radical (unpaired) electrons. The summed E-state index contributed by atoms with van der Waals surface area (Å²) in [5.41, 5.74) is 0.913. The quantitative estimate of drug-likeness (QED) is 0.520. The molecule has 2 nitrogen and oxygen atoms in total. The van der Waals surface area contributed by atoms with Gasteiger partial charge in [0, 0.05) is 0 Å². The highest BCUT2D eigenvalue weighted by Crippen LogP contribution is 2.02. The Balaban J connectivity index is 3.90. The topological polar surface area (TPSA) is 37.3 Å². The van der Waals surface area contributed by atoms with Crippen LogP contribution in [0.3, 0.4) is 0 Å². The molecule has 0 aliphatic heterocycles. The Morgan fingerprint density at radius 1 is 1.50 bits per heavy atom. The van der Waals surface area contributed by atoms with E-state index in [1.807, 2.05) is 19.9 Å². The van der Waals surface area contributed by atoms with Gasteiger partial charge in [0.1, 0.15) is 6.10 Å². The number of hydrogen-bond acceptors (Lipinski definition) is 2. The predicted molar refractivity (Wildman–Crippen MR) is 59.0 cm³/mol. The molecular formula is C12H18O2. The monoisotopic (exact) mass is 194 g/mol. The van der Waals surface area contributed by atoms with Gasteiger partial charge in [0.05, 0.1) is 0 Å². The van der Waals surface area contributed by atoms with Crippen molar-refractivity contribution in [3.05, 3.63) is 36.5 Å². The van der Waals surface area contributed by atoms with Crippen LogP contribution in [-0.2, 0) is 4.79 Å². The Kier molecular flexibility index (Phi) is 6.68. The Hall–Kier alpha value is -1.15. The molecule has 0 aromatic carbocycles. The van der Waals surface area contributed by atoms with Crippen LogP contribution >= 0.6 is 0 Å². The highest BCUT2D eigenvalue weighted by Gasteiger charge is 2.10. The molecule has 14 heavy (non-hydrogen) atoms. The average Bonchev–Trinajstić information content (AvgIpc) is 2.11. The van der Waals surface area contributed by atoms with Crippen molar-refractivity contribution in [2.24, 2.45) is 0 Å². The summed E-state index contributed by atoms with van der Waals surface area (Å²) >= 11 is 0. The third-order valence-corrected chi connectivity index (χ3v) is 1.64. The summed E-state index contributed by atoms with van der Waals surface area (Å²) in [7, 11) is 0. The van der Waals surface area contributed by atoms with Crippen LogP contribution in [0.2, 0.25) is 0 Å². The van der Waals surface area contributed by atoms with E-state index in [0.717, 1.165) is 5.57 Å². The number of allylic oxidation sites excluding steroid dienone is 4. The summed E-state index contributed by atoms with van der Waals surface area (Å²) in [6.07, 6.45) is 7.11. The first-order valence-electron chi connectivity index (χ1n) is 4.72. The molecular weight excluding hydrogens is 176 g/mol. The second-order valence-electron chi connectivity index (χ2n) is 3.38. The minimum absolute atomic E-state index is 0.211. The standard InChI is InChI=1S/C12H18O2/c1-4-5-6-7-8-11(13)12(14)9-10(2)3/h4-6,9,11,13H,1,7-8H2,2-3H3/b6-5+. The Morgan fingerprint density at radius 2 is 2.14 bits per heavy atom. The molecule has 78 valence electrons. The van der Waals surface area contributed by atoms with E-state index in [4.69, 9.17) is 0 Å². The summed E-state index contributed by atoms with van der Waals surface area (Å²) in [4.78, 5) is 11.2. The van der Waals surface area contributed by atoms with Crippen molar-refractivity contribution in [2.75, 3.05) is 0 Å². The highest BCUT2D eigenvalue weighted by molar-refractivity contribution is 5.93. The van der Waals surface area contributed by atoms with E-state index in [-0.39, 0.29) is 5.78 Å². The minimum atomic E-state index is -0.876. The van der Waals surface area contributed by atoms with Crippen molar-refractivity contribution in [3.8, 4) is 0 Å². The van der Waals surface area contributed by atoms with Gasteiger partial charge < -0.3 is 5.11 Å². The van der Waals surface area contributed by atoms with Gasteiger partial charge in [-0.1, -0.05) is 30.4 Å². The zero-order chi connectivity index (χ0) is 11.0. The Morgan fingerprint density at radius 3 is 2.64 bits per heavy atom. The molecule has 2 heteroatoms. The predicted octanol–water partition coefficient (Wildman–Crippen LogP) is 2.41. The molecule has 0 aromatic rings. The van der Waals surface area contributed by atoms with Gasteiger partial charge in [0.25, 0.3) is 0 Å². The van der Waals surface area contributed by atoms with E-state index >= 15 is 0 Å². The zero-order valence-corrected chi connectivity index (χ0v) is 8.86. The van der Waals surface area contributed by atoms with Crippen molar-refractivity contribution in [2.45, 2.75) is 32.8 Å². The number of aliphatic hydroxyl groups is 1. The van der Waals surface area contributed by atoms with Crippen LogP contribution in [-0.4, -0.2) is 17.0 Å². The largest absolute Gasteiger partial charge is 0.385 e. The molecule has 0 spiro atoms. The van der Waals surface area contributed by atoms with Crippen LogP contribution in [0, 0.1) is 0 Å². The third kappa shape index (κ3) is 6.38. The third-order valence-electron chi connectivity index (χ3n) is 1.64. The molecule has 0 aromatic heterocycles. The molecule has 1 unspecified atom stereocenters. The van der Waals surface area contributed by atoms with Crippen molar-refractivity contribution in [1.29, 1.82) is 0 Å². The number of hydrogen-bond donors (Lipinski definition) is 1. The lowest BCUT2D eigenvalue weighted by Gasteiger charge is -2.04. The molecule has 1 atom stereocenters. The average molecular weight is 194 g/mol. The van der Waals surface area contributed by atoms with E-state index in [0.29, 0.717) is 12.8 Å². The van der Waals surface area contributed by atoms with E-state index in [1.54, 1.807) is 12.2 Å². The van der Waals surface area contributed by atoms with Crippen LogP contribution < -0.4 is 0 Å². The molecule has 0 amide bonds. The van der Waals surface area contributed by atoms with Gasteiger partial charge in [-0.25, -0.2) is 0 Å². The fourth-order valence-electron chi connectivity index (χ4n) is 0.970. The van der Waals surface area contributed by atoms with Gasteiger partial charge in [-0.15, -0.1) is 0 Å². The second-order valence-corrected chi connectivity index (χ2v) is 3.38. The normalized spacial score (nSPS) is 12.5. The number of rotatable bonds is 6. The van der Waals surface area contributed by atoms with Gasteiger partial charge in [-0.2, -0.15) is 0 Å². The van der Waals surface area contributed by atoms with Crippen LogP contribution in [0.15, 0.2) is 36.5 Å². The smallest absolute Gasteiger partial charge is 0.184 e. The lowest BCUT2D eigenvalue weighted by atomic mass is 10.1. The molecule has 0 aliphatic rings. The van der Waals surface area contributed by atoms with Crippen LogP contribution in [0.25, 0.3) is 0 Å². The molecule has 0 saturated carbocycles. The van der Waals surface area contributed by atoms with E-state index in [2.05, 4.69) is 6.58 Å². The van der Waals surface area contributed by atoms with Gasteiger partial charge in [0.2, 0.25) is 0 Å². The van der Waals surface area contributed by atoms with Gasteiger partial charge >= 0.3 is 0 Å². The first kappa shape index (κ1) is 12.8. The maximum Gasteiger partial charge on any atom is 0.184 e.